The van der Waals surface area contributed by atoms with Gasteiger partial charge in [-0.3, -0.25) is 9.59 Å². The first-order chi connectivity index (χ1) is 7.39. The third-order valence-corrected chi connectivity index (χ3v) is 2.59. The van der Waals surface area contributed by atoms with Crippen LogP contribution in [0.15, 0.2) is 6.33 Å². The third kappa shape index (κ3) is 1.73. The van der Waals surface area contributed by atoms with Gasteiger partial charge in [0.15, 0.2) is 5.78 Å². The molecule has 1 aliphatic heterocycles. The number of aromatic nitrogens is 2. The summed E-state index contributed by atoms with van der Waals surface area (Å²) < 4.78 is 1.82. The molecule has 1 aromatic heterocycles. The fourth-order valence-electron chi connectivity index (χ4n) is 1.78. The summed E-state index contributed by atoms with van der Waals surface area (Å²) in [6.07, 6.45) is 1.86. The molecule has 0 radical (unpaired) electrons. The van der Waals surface area contributed by atoms with Crippen LogP contribution in [0.2, 0.25) is 0 Å². The van der Waals surface area contributed by atoms with Gasteiger partial charge in [0.2, 0.25) is 0 Å². The maximum Gasteiger partial charge on any atom is 0.270 e. The van der Waals surface area contributed by atoms with Gasteiger partial charge in [-0.15, -0.1) is 0 Å². The normalized spacial score (nSPS) is 16.7. The Hall–Kier alpha value is -1.65. The number of carbonyl (C=O) groups excluding carboxylic acids is 2. The van der Waals surface area contributed by atoms with Crippen LogP contribution in [0.1, 0.15) is 37.0 Å². The minimum absolute atomic E-state index is 0.00809. The van der Waals surface area contributed by atoms with Gasteiger partial charge >= 0.3 is 0 Å². The Morgan fingerprint density at radius 2 is 2.06 bits per heavy atom. The van der Waals surface area contributed by atoms with Crippen molar-refractivity contribution >= 4 is 11.7 Å². The molecule has 0 aromatic carbocycles. The molecule has 0 aliphatic carbocycles. The highest BCUT2D eigenvalue weighted by Crippen LogP contribution is 2.20. The summed E-state index contributed by atoms with van der Waals surface area (Å²) in [6, 6.07) is 0. The second-order valence-electron chi connectivity index (χ2n) is 4.98. The van der Waals surface area contributed by atoms with Crippen LogP contribution in [-0.4, -0.2) is 27.8 Å². The summed E-state index contributed by atoms with van der Waals surface area (Å²) in [5.74, 6) is -0.223. The van der Waals surface area contributed by atoms with Crippen molar-refractivity contribution in [2.45, 2.75) is 32.7 Å². The topological polar surface area (TPSA) is 64.0 Å². The smallest absolute Gasteiger partial charge is 0.270 e. The van der Waals surface area contributed by atoms with E-state index in [4.69, 9.17) is 0 Å². The highest BCUT2D eigenvalue weighted by atomic mass is 16.2. The van der Waals surface area contributed by atoms with Crippen LogP contribution in [0.25, 0.3) is 0 Å². The standard InChI is InChI=1S/C11H15N3O2/c1-11(2,3)14-6-13-8-4-7(15)5-12-10(16)9(8)14/h6H,4-5H2,1-3H3,(H,12,16). The first kappa shape index (κ1) is 10.9. The predicted octanol–water partition coefficient (Wildman–Crippen LogP) is 0.493. The number of amides is 1. The van der Waals surface area contributed by atoms with E-state index in [0.717, 1.165) is 0 Å². The van der Waals surface area contributed by atoms with Gasteiger partial charge < -0.3 is 9.88 Å². The molecule has 1 amide bonds. The first-order valence-electron chi connectivity index (χ1n) is 5.26. The van der Waals surface area contributed by atoms with E-state index in [-0.39, 0.29) is 30.2 Å². The molecule has 0 saturated carbocycles. The molecule has 5 heteroatoms. The van der Waals surface area contributed by atoms with Crippen LogP contribution < -0.4 is 5.32 Å². The zero-order valence-electron chi connectivity index (χ0n) is 9.70. The number of Topliss-reactive ketones (excluding diaryl/α,β-unsaturated/α-hetero) is 1. The summed E-state index contributed by atoms with van der Waals surface area (Å²) in [4.78, 5) is 27.4. The van der Waals surface area contributed by atoms with Crippen molar-refractivity contribution in [3.8, 4) is 0 Å². The van der Waals surface area contributed by atoms with Crippen LogP contribution in [0.3, 0.4) is 0 Å². The predicted molar refractivity (Wildman–Crippen MR) is 58.3 cm³/mol. The summed E-state index contributed by atoms with van der Waals surface area (Å²) in [5.41, 5.74) is 0.874. The van der Waals surface area contributed by atoms with Crippen molar-refractivity contribution in [2.75, 3.05) is 6.54 Å². The van der Waals surface area contributed by atoms with Crippen LogP contribution >= 0.6 is 0 Å². The molecule has 1 aromatic rings. The average Bonchev–Trinajstić information content (AvgIpc) is 2.52. The summed E-state index contributed by atoms with van der Waals surface area (Å²) in [6.45, 7) is 6.08. The van der Waals surface area contributed by atoms with Gasteiger partial charge in [0, 0.05) is 5.54 Å². The molecular weight excluding hydrogens is 206 g/mol. The number of fused-ring (bicyclic) bond motifs is 1. The molecule has 5 nitrogen and oxygen atoms in total. The van der Waals surface area contributed by atoms with Gasteiger partial charge in [-0.05, 0) is 20.8 Å². The lowest BCUT2D eigenvalue weighted by Crippen LogP contribution is -2.32. The maximum absolute atomic E-state index is 11.9. The SMILES string of the molecule is CC(C)(C)n1cnc2c1C(=O)NCC(=O)C2. The number of carbonyl (C=O) groups is 2. The van der Waals surface area contributed by atoms with Crippen LogP contribution in [0.5, 0.6) is 0 Å². The molecular formula is C11H15N3O2. The number of rotatable bonds is 0. The second-order valence-corrected chi connectivity index (χ2v) is 4.98. The molecule has 2 rings (SSSR count). The Morgan fingerprint density at radius 1 is 1.38 bits per heavy atom. The fraction of sp³-hybridized carbons (Fsp3) is 0.545. The third-order valence-electron chi connectivity index (χ3n) is 2.59. The molecule has 0 spiro atoms. The second kappa shape index (κ2) is 3.43. The quantitative estimate of drug-likeness (QED) is 0.693. The Kier molecular flexibility index (Phi) is 2.33. The molecule has 0 unspecified atom stereocenters. The van der Waals surface area contributed by atoms with Crippen LogP contribution in [0.4, 0.5) is 0 Å². The maximum atomic E-state index is 11.9. The molecule has 1 aliphatic rings. The Balaban J connectivity index is 2.55. The Morgan fingerprint density at radius 3 is 2.69 bits per heavy atom. The Bertz CT molecular complexity index is 454. The van der Waals surface area contributed by atoms with E-state index in [0.29, 0.717) is 11.4 Å². The van der Waals surface area contributed by atoms with Crippen molar-refractivity contribution < 1.29 is 9.59 Å². The van der Waals surface area contributed by atoms with Crippen molar-refractivity contribution in [3.63, 3.8) is 0 Å². The first-order valence-corrected chi connectivity index (χ1v) is 5.26. The minimum atomic E-state index is -0.217. The number of imidazole rings is 1. The molecule has 16 heavy (non-hydrogen) atoms. The zero-order chi connectivity index (χ0) is 11.9. The fourth-order valence-corrected chi connectivity index (χ4v) is 1.78. The highest BCUT2D eigenvalue weighted by molar-refractivity contribution is 6.00. The molecule has 2 heterocycles. The summed E-state index contributed by atoms with van der Waals surface area (Å²) in [7, 11) is 0. The largest absolute Gasteiger partial charge is 0.344 e. The van der Waals surface area contributed by atoms with E-state index >= 15 is 0 Å². The van der Waals surface area contributed by atoms with E-state index in [1.54, 1.807) is 6.33 Å². The molecule has 0 atom stereocenters. The van der Waals surface area contributed by atoms with E-state index in [1.165, 1.54) is 0 Å². The summed E-state index contributed by atoms with van der Waals surface area (Å²) >= 11 is 0. The highest BCUT2D eigenvalue weighted by Gasteiger charge is 2.28. The minimum Gasteiger partial charge on any atom is -0.344 e. The number of ketones is 1. The molecule has 1 N–H and O–H groups in total. The van der Waals surface area contributed by atoms with Gasteiger partial charge in [0.05, 0.1) is 25.0 Å². The van der Waals surface area contributed by atoms with Gasteiger partial charge in [-0.1, -0.05) is 0 Å². The average molecular weight is 221 g/mol. The number of nitrogens with zero attached hydrogens (tertiary/aromatic N) is 2. The summed E-state index contributed by atoms with van der Waals surface area (Å²) in [5, 5.41) is 2.60. The molecule has 0 saturated heterocycles. The van der Waals surface area contributed by atoms with Crippen LogP contribution in [-0.2, 0) is 16.8 Å². The lowest BCUT2D eigenvalue weighted by molar-refractivity contribution is -0.117. The number of nitrogens with one attached hydrogen (secondary N) is 1. The monoisotopic (exact) mass is 221 g/mol. The van der Waals surface area contributed by atoms with Gasteiger partial charge in [0.1, 0.15) is 5.69 Å². The van der Waals surface area contributed by atoms with E-state index in [2.05, 4.69) is 10.3 Å². The van der Waals surface area contributed by atoms with E-state index < -0.39 is 0 Å². The lowest BCUT2D eigenvalue weighted by Gasteiger charge is -2.23. The number of hydrogen-bond donors (Lipinski definition) is 1. The molecule has 0 bridgehead atoms. The van der Waals surface area contributed by atoms with Crippen molar-refractivity contribution in [3.05, 3.63) is 17.7 Å². The number of hydrogen-bond acceptors (Lipinski definition) is 3. The lowest BCUT2D eigenvalue weighted by atomic mass is 10.1. The Labute approximate surface area is 93.9 Å². The molecule has 0 fully saturated rings. The molecule has 86 valence electrons. The van der Waals surface area contributed by atoms with Crippen molar-refractivity contribution in [1.29, 1.82) is 0 Å². The van der Waals surface area contributed by atoms with Gasteiger partial charge in [-0.2, -0.15) is 0 Å². The van der Waals surface area contributed by atoms with Crippen LogP contribution in [0, 0.1) is 0 Å². The van der Waals surface area contributed by atoms with Crippen molar-refractivity contribution in [2.24, 2.45) is 0 Å². The zero-order valence-corrected chi connectivity index (χ0v) is 9.70. The van der Waals surface area contributed by atoms with E-state index in [1.807, 2.05) is 25.3 Å². The van der Waals surface area contributed by atoms with E-state index in [9.17, 15) is 9.59 Å². The van der Waals surface area contributed by atoms with Crippen molar-refractivity contribution in [1.82, 2.24) is 14.9 Å². The van der Waals surface area contributed by atoms with Gasteiger partial charge in [0.25, 0.3) is 5.91 Å². The van der Waals surface area contributed by atoms with Gasteiger partial charge in [-0.25, -0.2) is 4.98 Å².